The maximum absolute atomic E-state index is 10.8. The minimum atomic E-state index is 0.116. The zero-order valence-corrected chi connectivity index (χ0v) is 18.0. The molecule has 0 fully saturated rings. The normalized spacial score (nSPS) is 17.2. The lowest BCUT2D eigenvalue weighted by Gasteiger charge is -2.25. The molecular weight excluding hydrogens is 332 g/mol. The second-order valence-corrected chi connectivity index (χ2v) is 8.58. The van der Waals surface area contributed by atoms with Gasteiger partial charge in [-0.05, 0) is 70.6 Å². The number of ether oxygens (including phenoxy) is 1. The predicted molar refractivity (Wildman–Crippen MR) is 116 cm³/mol. The van der Waals surface area contributed by atoms with Crippen molar-refractivity contribution >= 4 is 0 Å². The van der Waals surface area contributed by atoms with Crippen LogP contribution >= 0.6 is 0 Å². The van der Waals surface area contributed by atoms with Crippen molar-refractivity contribution in [3.63, 3.8) is 0 Å². The van der Waals surface area contributed by atoms with Crippen LogP contribution in [0.4, 0.5) is 0 Å². The third-order valence-corrected chi connectivity index (χ3v) is 5.55. The fraction of sp³-hybridized carbons (Fsp3) is 0.680. The average Bonchev–Trinajstić information content (AvgIpc) is 2.60. The van der Waals surface area contributed by atoms with Gasteiger partial charge in [0.05, 0.1) is 6.10 Å². The Balaban J connectivity index is 2.05. The van der Waals surface area contributed by atoms with Crippen LogP contribution < -0.4 is 4.74 Å². The summed E-state index contributed by atoms with van der Waals surface area (Å²) in [7, 11) is 0. The van der Waals surface area contributed by atoms with Crippen LogP contribution in [0, 0.1) is 0 Å². The van der Waals surface area contributed by atoms with E-state index in [0.29, 0.717) is 5.75 Å². The third-order valence-electron chi connectivity index (χ3n) is 5.55. The van der Waals surface area contributed by atoms with Gasteiger partial charge in [0.25, 0.3) is 0 Å². The lowest BCUT2D eigenvalue weighted by molar-refractivity contribution is 0.237. The fourth-order valence-corrected chi connectivity index (χ4v) is 4.16. The molecule has 152 valence electrons. The van der Waals surface area contributed by atoms with Gasteiger partial charge in [0.15, 0.2) is 0 Å². The Morgan fingerprint density at radius 2 is 1.78 bits per heavy atom. The van der Waals surface area contributed by atoms with Gasteiger partial charge in [-0.1, -0.05) is 57.1 Å². The fourth-order valence-electron chi connectivity index (χ4n) is 4.16. The van der Waals surface area contributed by atoms with Gasteiger partial charge in [-0.25, -0.2) is 0 Å². The standard InChI is InChI=1S/C25H40O2/c1-5-6-7-8-9-10-11-14-21-17-23(26)25(24(18-21)27-19(2)3)22-15-12-13-20(4)16-22/h16-19,22,26H,5-15H2,1-4H3. The molecule has 0 saturated carbocycles. The zero-order valence-electron chi connectivity index (χ0n) is 18.0. The molecule has 0 aliphatic heterocycles. The molecule has 0 spiro atoms. The number of aryl methyl sites for hydroxylation is 1. The van der Waals surface area contributed by atoms with Crippen LogP contribution in [-0.2, 0) is 6.42 Å². The molecule has 0 saturated heterocycles. The van der Waals surface area contributed by atoms with E-state index in [-0.39, 0.29) is 12.0 Å². The maximum Gasteiger partial charge on any atom is 0.127 e. The molecule has 1 N–H and O–H groups in total. The number of allylic oxidation sites excluding steroid dienone is 2. The van der Waals surface area contributed by atoms with Gasteiger partial charge in [-0.2, -0.15) is 0 Å². The van der Waals surface area contributed by atoms with Crippen LogP contribution in [0.5, 0.6) is 11.5 Å². The van der Waals surface area contributed by atoms with Crippen molar-refractivity contribution in [2.45, 2.75) is 110 Å². The molecule has 1 aromatic carbocycles. The molecule has 0 aromatic heterocycles. The molecule has 2 rings (SSSR count). The smallest absolute Gasteiger partial charge is 0.127 e. The quantitative estimate of drug-likeness (QED) is 0.319. The largest absolute Gasteiger partial charge is 0.507 e. The minimum Gasteiger partial charge on any atom is -0.507 e. The Hall–Kier alpha value is -1.44. The van der Waals surface area contributed by atoms with Crippen molar-refractivity contribution in [3.8, 4) is 11.5 Å². The summed E-state index contributed by atoms with van der Waals surface area (Å²) in [4.78, 5) is 0. The molecule has 2 heteroatoms. The number of unbranched alkanes of at least 4 members (excludes halogenated alkanes) is 6. The number of hydrogen-bond donors (Lipinski definition) is 1. The summed E-state index contributed by atoms with van der Waals surface area (Å²) in [5, 5.41) is 10.8. The first-order valence-electron chi connectivity index (χ1n) is 11.2. The number of aromatic hydroxyl groups is 1. The first-order valence-corrected chi connectivity index (χ1v) is 11.2. The molecule has 1 atom stereocenters. The topological polar surface area (TPSA) is 29.5 Å². The summed E-state index contributed by atoms with van der Waals surface area (Å²) in [5.74, 6) is 1.58. The molecule has 0 radical (unpaired) electrons. The van der Waals surface area contributed by atoms with Crippen LogP contribution in [0.1, 0.15) is 109 Å². The van der Waals surface area contributed by atoms with Crippen molar-refractivity contribution in [2.75, 3.05) is 0 Å². The average molecular weight is 373 g/mol. The first kappa shape index (κ1) is 21.9. The van der Waals surface area contributed by atoms with Crippen LogP contribution in [0.3, 0.4) is 0 Å². The van der Waals surface area contributed by atoms with Crippen LogP contribution in [0.2, 0.25) is 0 Å². The summed E-state index contributed by atoms with van der Waals surface area (Å²) < 4.78 is 6.14. The van der Waals surface area contributed by atoms with Crippen molar-refractivity contribution in [1.29, 1.82) is 0 Å². The van der Waals surface area contributed by atoms with Gasteiger partial charge >= 0.3 is 0 Å². The van der Waals surface area contributed by atoms with Crippen molar-refractivity contribution in [2.24, 2.45) is 0 Å². The van der Waals surface area contributed by atoms with Gasteiger partial charge in [0, 0.05) is 11.5 Å². The van der Waals surface area contributed by atoms with Crippen LogP contribution in [0.25, 0.3) is 0 Å². The predicted octanol–water partition coefficient (Wildman–Crippen LogP) is 7.69. The number of benzene rings is 1. The summed E-state index contributed by atoms with van der Waals surface area (Å²) in [6.07, 6.45) is 16.1. The third kappa shape index (κ3) is 7.24. The molecule has 1 aliphatic carbocycles. The molecule has 2 nitrogen and oxygen atoms in total. The minimum absolute atomic E-state index is 0.116. The zero-order chi connectivity index (χ0) is 19.6. The number of hydrogen-bond acceptors (Lipinski definition) is 2. The Labute approximate surface area is 167 Å². The lowest BCUT2D eigenvalue weighted by atomic mass is 9.84. The summed E-state index contributed by atoms with van der Waals surface area (Å²) in [5.41, 5.74) is 3.62. The Morgan fingerprint density at radius 1 is 1.07 bits per heavy atom. The summed E-state index contributed by atoms with van der Waals surface area (Å²) in [6.45, 7) is 8.58. The highest BCUT2D eigenvalue weighted by atomic mass is 16.5. The Morgan fingerprint density at radius 3 is 2.44 bits per heavy atom. The van der Waals surface area contributed by atoms with Gasteiger partial charge in [0.1, 0.15) is 11.5 Å². The van der Waals surface area contributed by atoms with Gasteiger partial charge in [-0.3, -0.25) is 0 Å². The highest BCUT2D eigenvalue weighted by molar-refractivity contribution is 5.51. The number of rotatable bonds is 11. The molecule has 0 amide bonds. The van der Waals surface area contributed by atoms with Crippen molar-refractivity contribution < 1.29 is 9.84 Å². The Bertz CT molecular complexity index is 601. The van der Waals surface area contributed by atoms with Gasteiger partial charge in [0.2, 0.25) is 0 Å². The van der Waals surface area contributed by atoms with E-state index in [2.05, 4.69) is 39.8 Å². The van der Waals surface area contributed by atoms with Crippen LogP contribution in [0.15, 0.2) is 23.8 Å². The van der Waals surface area contributed by atoms with E-state index in [4.69, 9.17) is 4.74 Å². The molecule has 0 bridgehead atoms. The van der Waals surface area contributed by atoms with E-state index in [0.717, 1.165) is 24.2 Å². The lowest BCUT2D eigenvalue weighted by Crippen LogP contribution is -2.11. The number of phenolic OH excluding ortho intramolecular Hbond substituents is 1. The Kier molecular flexibility index (Phi) is 9.24. The van der Waals surface area contributed by atoms with E-state index in [1.54, 1.807) is 0 Å². The van der Waals surface area contributed by atoms with E-state index in [1.165, 1.54) is 68.9 Å². The summed E-state index contributed by atoms with van der Waals surface area (Å²) in [6, 6.07) is 4.17. The monoisotopic (exact) mass is 372 g/mol. The number of phenols is 1. The first-order chi connectivity index (χ1) is 13.0. The second kappa shape index (κ2) is 11.4. The van der Waals surface area contributed by atoms with E-state index in [9.17, 15) is 5.11 Å². The molecular formula is C25H40O2. The molecule has 1 aliphatic rings. The molecule has 0 heterocycles. The highest BCUT2D eigenvalue weighted by Gasteiger charge is 2.22. The van der Waals surface area contributed by atoms with Crippen molar-refractivity contribution in [3.05, 3.63) is 34.9 Å². The van der Waals surface area contributed by atoms with E-state index < -0.39 is 0 Å². The van der Waals surface area contributed by atoms with Gasteiger partial charge < -0.3 is 9.84 Å². The molecule has 1 unspecified atom stereocenters. The van der Waals surface area contributed by atoms with E-state index in [1.807, 2.05) is 6.07 Å². The van der Waals surface area contributed by atoms with Gasteiger partial charge in [-0.15, -0.1) is 0 Å². The highest BCUT2D eigenvalue weighted by Crippen LogP contribution is 2.42. The van der Waals surface area contributed by atoms with Crippen molar-refractivity contribution in [1.82, 2.24) is 0 Å². The van der Waals surface area contributed by atoms with E-state index >= 15 is 0 Å². The molecule has 1 aromatic rings. The second-order valence-electron chi connectivity index (χ2n) is 8.58. The van der Waals surface area contributed by atoms with Crippen LogP contribution in [-0.4, -0.2) is 11.2 Å². The summed E-state index contributed by atoms with van der Waals surface area (Å²) >= 11 is 0. The maximum atomic E-state index is 10.8. The molecule has 27 heavy (non-hydrogen) atoms. The SMILES string of the molecule is CCCCCCCCCc1cc(O)c(C2C=C(C)CCC2)c(OC(C)C)c1.